The standard InChI is InChI=1S/C17H19N3O2/c21-17-16-10-14(12-22-15-4-2-1-3-5-15)18-20(16)9-8-19(17)11-13-6-7-13/h1-5,10,13H,6-9,11-12H2. The van der Waals surface area contributed by atoms with Gasteiger partial charge in [0.05, 0.1) is 6.54 Å². The Morgan fingerprint density at radius 3 is 2.77 bits per heavy atom. The molecule has 0 atom stereocenters. The Labute approximate surface area is 129 Å². The number of rotatable bonds is 5. The smallest absolute Gasteiger partial charge is 0.272 e. The van der Waals surface area contributed by atoms with E-state index < -0.39 is 0 Å². The molecule has 0 spiro atoms. The van der Waals surface area contributed by atoms with Crippen molar-refractivity contribution in [1.29, 1.82) is 0 Å². The molecular weight excluding hydrogens is 278 g/mol. The van der Waals surface area contributed by atoms with E-state index in [9.17, 15) is 4.79 Å². The zero-order valence-corrected chi connectivity index (χ0v) is 12.4. The molecular formula is C17H19N3O2. The monoisotopic (exact) mass is 297 g/mol. The number of para-hydroxylation sites is 1. The summed E-state index contributed by atoms with van der Waals surface area (Å²) in [5, 5.41) is 4.49. The van der Waals surface area contributed by atoms with Crippen LogP contribution in [0.4, 0.5) is 0 Å². The van der Waals surface area contributed by atoms with Crippen LogP contribution in [0.2, 0.25) is 0 Å². The first-order valence-electron chi connectivity index (χ1n) is 7.83. The molecule has 1 saturated carbocycles. The van der Waals surface area contributed by atoms with Gasteiger partial charge in [-0.05, 0) is 37.0 Å². The summed E-state index contributed by atoms with van der Waals surface area (Å²) in [5.41, 5.74) is 1.50. The minimum Gasteiger partial charge on any atom is -0.487 e. The molecule has 0 N–H and O–H groups in total. The minimum atomic E-state index is 0.108. The Kier molecular flexibility index (Phi) is 3.33. The van der Waals surface area contributed by atoms with Crippen molar-refractivity contribution in [2.24, 2.45) is 5.92 Å². The van der Waals surface area contributed by atoms with E-state index in [1.165, 1.54) is 12.8 Å². The quantitative estimate of drug-likeness (QED) is 0.851. The van der Waals surface area contributed by atoms with E-state index in [2.05, 4.69) is 5.10 Å². The minimum absolute atomic E-state index is 0.108. The predicted octanol–water partition coefficient (Wildman–Crippen LogP) is 2.33. The highest BCUT2D eigenvalue weighted by atomic mass is 16.5. The maximum atomic E-state index is 12.5. The van der Waals surface area contributed by atoms with Gasteiger partial charge in [0, 0.05) is 13.1 Å². The molecule has 22 heavy (non-hydrogen) atoms. The molecule has 4 rings (SSSR count). The molecule has 1 aromatic carbocycles. The van der Waals surface area contributed by atoms with Crippen molar-refractivity contribution in [1.82, 2.24) is 14.7 Å². The highest BCUT2D eigenvalue weighted by Gasteiger charge is 2.31. The van der Waals surface area contributed by atoms with E-state index in [-0.39, 0.29) is 5.91 Å². The summed E-state index contributed by atoms with van der Waals surface area (Å²) >= 11 is 0. The number of aromatic nitrogens is 2. The Bertz CT molecular complexity index is 676. The van der Waals surface area contributed by atoms with Crippen LogP contribution in [0.5, 0.6) is 5.75 Å². The summed E-state index contributed by atoms with van der Waals surface area (Å²) < 4.78 is 7.52. The Morgan fingerprint density at radius 1 is 1.18 bits per heavy atom. The summed E-state index contributed by atoms with van der Waals surface area (Å²) in [6, 6.07) is 11.5. The van der Waals surface area contributed by atoms with Gasteiger partial charge in [-0.15, -0.1) is 0 Å². The number of fused-ring (bicyclic) bond motifs is 1. The predicted molar refractivity (Wildman–Crippen MR) is 81.6 cm³/mol. The lowest BCUT2D eigenvalue weighted by Crippen LogP contribution is -2.41. The molecule has 1 aliphatic carbocycles. The molecule has 0 saturated heterocycles. The molecule has 1 amide bonds. The molecule has 0 radical (unpaired) electrons. The van der Waals surface area contributed by atoms with Crippen molar-refractivity contribution < 1.29 is 9.53 Å². The fourth-order valence-electron chi connectivity index (χ4n) is 2.82. The third-order valence-electron chi connectivity index (χ3n) is 4.22. The Balaban J connectivity index is 1.45. The van der Waals surface area contributed by atoms with Crippen molar-refractivity contribution in [2.45, 2.75) is 26.0 Å². The molecule has 1 aromatic heterocycles. The first-order chi connectivity index (χ1) is 10.8. The zero-order valence-electron chi connectivity index (χ0n) is 12.4. The average Bonchev–Trinajstić information content (AvgIpc) is 3.26. The normalized spacial score (nSPS) is 17.5. The zero-order chi connectivity index (χ0) is 14.9. The third-order valence-corrected chi connectivity index (χ3v) is 4.22. The number of hydrogen-bond donors (Lipinski definition) is 0. The lowest BCUT2D eigenvalue weighted by atomic mass is 10.2. The van der Waals surface area contributed by atoms with Crippen LogP contribution in [-0.4, -0.2) is 33.7 Å². The van der Waals surface area contributed by atoms with E-state index in [1.807, 2.05) is 46.0 Å². The van der Waals surface area contributed by atoms with Crippen LogP contribution in [0.1, 0.15) is 29.0 Å². The number of carbonyl (C=O) groups excluding carboxylic acids is 1. The molecule has 0 unspecified atom stereocenters. The summed E-state index contributed by atoms with van der Waals surface area (Å²) in [7, 11) is 0. The van der Waals surface area contributed by atoms with Gasteiger partial charge in [0.1, 0.15) is 23.7 Å². The van der Waals surface area contributed by atoms with Crippen LogP contribution >= 0.6 is 0 Å². The van der Waals surface area contributed by atoms with Crippen LogP contribution in [0.25, 0.3) is 0 Å². The van der Waals surface area contributed by atoms with E-state index in [0.29, 0.717) is 12.3 Å². The highest BCUT2D eigenvalue weighted by Crippen LogP contribution is 2.30. The number of carbonyl (C=O) groups is 1. The second-order valence-electron chi connectivity index (χ2n) is 6.04. The second kappa shape index (κ2) is 5.48. The molecule has 2 heterocycles. The van der Waals surface area contributed by atoms with Gasteiger partial charge >= 0.3 is 0 Å². The van der Waals surface area contributed by atoms with Crippen LogP contribution in [0.3, 0.4) is 0 Å². The van der Waals surface area contributed by atoms with Crippen molar-refractivity contribution in [3.63, 3.8) is 0 Å². The van der Waals surface area contributed by atoms with Gasteiger partial charge in [0.15, 0.2) is 0 Å². The first-order valence-corrected chi connectivity index (χ1v) is 7.83. The van der Waals surface area contributed by atoms with E-state index in [1.54, 1.807) is 0 Å². The van der Waals surface area contributed by atoms with Crippen LogP contribution in [-0.2, 0) is 13.2 Å². The Hall–Kier alpha value is -2.30. The van der Waals surface area contributed by atoms with Crippen molar-refractivity contribution >= 4 is 5.91 Å². The summed E-state index contributed by atoms with van der Waals surface area (Å²) in [6.07, 6.45) is 2.53. The largest absolute Gasteiger partial charge is 0.487 e. The topological polar surface area (TPSA) is 47.4 Å². The third kappa shape index (κ3) is 2.71. The number of nitrogens with zero attached hydrogens (tertiary/aromatic N) is 3. The lowest BCUT2D eigenvalue weighted by Gasteiger charge is -2.27. The van der Waals surface area contributed by atoms with Gasteiger partial charge in [-0.3, -0.25) is 9.48 Å². The van der Waals surface area contributed by atoms with Crippen molar-refractivity contribution in [3.8, 4) is 5.75 Å². The van der Waals surface area contributed by atoms with Crippen LogP contribution in [0.15, 0.2) is 36.4 Å². The van der Waals surface area contributed by atoms with E-state index in [0.717, 1.165) is 37.0 Å². The first kappa shape index (κ1) is 13.4. The van der Waals surface area contributed by atoms with Crippen LogP contribution < -0.4 is 4.74 Å². The van der Waals surface area contributed by atoms with Gasteiger partial charge < -0.3 is 9.64 Å². The molecule has 1 aliphatic heterocycles. The molecule has 5 nitrogen and oxygen atoms in total. The molecule has 1 fully saturated rings. The number of benzene rings is 1. The molecule has 5 heteroatoms. The maximum Gasteiger partial charge on any atom is 0.272 e. The van der Waals surface area contributed by atoms with Crippen molar-refractivity contribution in [2.75, 3.05) is 13.1 Å². The number of amides is 1. The maximum absolute atomic E-state index is 12.5. The van der Waals surface area contributed by atoms with Gasteiger partial charge in [-0.2, -0.15) is 5.10 Å². The van der Waals surface area contributed by atoms with Gasteiger partial charge in [-0.25, -0.2) is 0 Å². The van der Waals surface area contributed by atoms with Crippen LogP contribution in [0, 0.1) is 5.92 Å². The molecule has 2 aromatic rings. The van der Waals surface area contributed by atoms with Crippen molar-refractivity contribution in [3.05, 3.63) is 47.8 Å². The highest BCUT2D eigenvalue weighted by molar-refractivity contribution is 5.93. The van der Waals surface area contributed by atoms with E-state index >= 15 is 0 Å². The average molecular weight is 297 g/mol. The fourth-order valence-corrected chi connectivity index (χ4v) is 2.82. The summed E-state index contributed by atoms with van der Waals surface area (Å²) in [5.74, 6) is 1.64. The second-order valence-corrected chi connectivity index (χ2v) is 6.04. The molecule has 114 valence electrons. The lowest BCUT2D eigenvalue weighted by molar-refractivity contribution is 0.0689. The van der Waals surface area contributed by atoms with Gasteiger partial charge in [-0.1, -0.05) is 18.2 Å². The van der Waals surface area contributed by atoms with Gasteiger partial charge in [0.2, 0.25) is 0 Å². The number of ether oxygens (including phenoxy) is 1. The SMILES string of the molecule is O=C1c2cc(COc3ccccc3)nn2CCN1CC1CC1. The molecule has 0 bridgehead atoms. The van der Waals surface area contributed by atoms with Gasteiger partial charge in [0.25, 0.3) is 5.91 Å². The summed E-state index contributed by atoms with van der Waals surface area (Å²) in [6.45, 7) is 2.84. The number of hydrogen-bond acceptors (Lipinski definition) is 3. The molecule has 2 aliphatic rings. The van der Waals surface area contributed by atoms with E-state index in [4.69, 9.17) is 4.74 Å². The Morgan fingerprint density at radius 2 is 2.00 bits per heavy atom. The fraction of sp³-hybridized carbons (Fsp3) is 0.412. The summed E-state index contributed by atoms with van der Waals surface area (Å²) in [4.78, 5) is 14.5.